The lowest BCUT2D eigenvalue weighted by atomic mass is 10.1. The standard InChI is InChI=1S/C16H18FN3O4S2/c1-8(2)3-4-18-16(23)12-5-9-11(25-12)6-10(21)15(14(9)17)20-7-13(22)19-26(20)24/h5-6,8,21H,3-4,7H2,1-2H3,(H,18,23)(H,19,22). The maximum Gasteiger partial charge on any atom is 0.261 e. The fourth-order valence-electron chi connectivity index (χ4n) is 2.56. The highest BCUT2D eigenvalue weighted by Crippen LogP contribution is 2.40. The van der Waals surface area contributed by atoms with Gasteiger partial charge in [-0.3, -0.25) is 18.6 Å². The van der Waals surface area contributed by atoms with Crippen LogP contribution in [0.1, 0.15) is 29.9 Å². The summed E-state index contributed by atoms with van der Waals surface area (Å²) in [5, 5.41) is 13.1. The summed E-state index contributed by atoms with van der Waals surface area (Å²) >= 11 is -0.902. The predicted octanol–water partition coefficient (Wildman–Crippen LogP) is 2.04. The molecule has 1 aromatic heterocycles. The molecule has 26 heavy (non-hydrogen) atoms. The molecule has 0 saturated carbocycles. The second-order valence-electron chi connectivity index (χ2n) is 6.33. The number of phenols is 1. The van der Waals surface area contributed by atoms with Crippen LogP contribution in [-0.4, -0.2) is 34.2 Å². The molecule has 1 fully saturated rings. The number of carbonyl (C=O) groups excluding carboxylic acids is 2. The number of hydrogen-bond donors (Lipinski definition) is 3. The van der Waals surface area contributed by atoms with Crippen molar-refractivity contribution < 1.29 is 23.3 Å². The van der Waals surface area contributed by atoms with E-state index in [-0.39, 0.29) is 23.5 Å². The molecule has 3 N–H and O–H groups in total. The summed E-state index contributed by atoms with van der Waals surface area (Å²) in [7, 11) is 0. The predicted molar refractivity (Wildman–Crippen MR) is 98.9 cm³/mol. The topological polar surface area (TPSA) is 98.7 Å². The summed E-state index contributed by atoms with van der Waals surface area (Å²) < 4.78 is 30.3. The third-order valence-electron chi connectivity index (χ3n) is 3.88. The molecule has 2 aromatic rings. The van der Waals surface area contributed by atoms with Gasteiger partial charge in [0.25, 0.3) is 11.8 Å². The van der Waals surface area contributed by atoms with E-state index in [1.54, 1.807) is 0 Å². The van der Waals surface area contributed by atoms with Crippen LogP contribution in [0, 0.1) is 11.7 Å². The van der Waals surface area contributed by atoms with E-state index in [0.29, 0.717) is 22.0 Å². The zero-order valence-corrected chi connectivity index (χ0v) is 15.8. The van der Waals surface area contributed by atoms with E-state index < -0.39 is 28.6 Å². The first-order valence-corrected chi connectivity index (χ1v) is 9.92. The number of anilines is 1. The normalized spacial score (nSPS) is 17.2. The highest BCUT2D eigenvalue weighted by molar-refractivity contribution is 7.85. The summed E-state index contributed by atoms with van der Waals surface area (Å²) in [6.07, 6.45) is 0.831. The maximum absolute atomic E-state index is 14.9. The second-order valence-corrected chi connectivity index (χ2v) is 8.56. The third kappa shape index (κ3) is 3.51. The molecule has 140 valence electrons. The van der Waals surface area contributed by atoms with Crippen LogP contribution in [0.4, 0.5) is 10.1 Å². The number of hydrogen-bond acceptors (Lipinski definition) is 5. The van der Waals surface area contributed by atoms with Crippen LogP contribution in [0.25, 0.3) is 10.1 Å². The van der Waals surface area contributed by atoms with Crippen molar-refractivity contribution in [1.82, 2.24) is 10.0 Å². The Hall–Kier alpha value is -2.20. The smallest absolute Gasteiger partial charge is 0.261 e. The quantitative estimate of drug-likeness (QED) is 0.716. The molecule has 1 saturated heterocycles. The van der Waals surface area contributed by atoms with E-state index in [1.807, 2.05) is 13.8 Å². The molecule has 0 bridgehead atoms. The van der Waals surface area contributed by atoms with Gasteiger partial charge in [0.05, 0.1) is 4.88 Å². The van der Waals surface area contributed by atoms with E-state index in [2.05, 4.69) is 10.0 Å². The van der Waals surface area contributed by atoms with Crippen LogP contribution < -0.4 is 14.3 Å². The minimum Gasteiger partial charge on any atom is -0.506 e. The van der Waals surface area contributed by atoms with Crippen LogP contribution in [-0.2, 0) is 16.0 Å². The lowest BCUT2D eigenvalue weighted by molar-refractivity contribution is -0.117. The summed E-state index contributed by atoms with van der Waals surface area (Å²) in [4.78, 5) is 23.9. The molecular weight excluding hydrogens is 381 g/mol. The highest BCUT2D eigenvalue weighted by atomic mass is 32.2. The Kier molecular flexibility index (Phi) is 5.15. The number of nitrogens with one attached hydrogen (secondary N) is 2. The Bertz CT molecular complexity index is 913. The van der Waals surface area contributed by atoms with Gasteiger partial charge in [0.15, 0.2) is 5.82 Å². The summed E-state index contributed by atoms with van der Waals surface area (Å²) in [5.41, 5.74) is -0.321. The number of halogens is 1. The largest absolute Gasteiger partial charge is 0.506 e. The van der Waals surface area contributed by atoms with Crippen molar-refractivity contribution in [3.05, 3.63) is 22.8 Å². The molecule has 7 nitrogen and oxygen atoms in total. The van der Waals surface area contributed by atoms with Crippen molar-refractivity contribution in [3.8, 4) is 5.75 Å². The molecule has 1 aliphatic heterocycles. The Morgan fingerprint density at radius 1 is 1.50 bits per heavy atom. The van der Waals surface area contributed by atoms with Gasteiger partial charge < -0.3 is 10.4 Å². The first kappa shape index (κ1) is 18.6. The Balaban J connectivity index is 1.93. The van der Waals surface area contributed by atoms with Gasteiger partial charge in [-0.25, -0.2) is 8.60 Å². The SMILES string of the molecule is CC(C)CCNC(=O)c1cc2c(F)c(N3CC(=O)NS3=O)c(O)cc2s1. The van der Waals surface area contributed by atoms with Crippen molar-refractivity contribution in [3.63, 3.8) is 0 Å². The zero-order valence-electron chi connectivity index (χ0n) is 14.2. The molecule has 0 spiro atoms. The number of amides is 2. The van der Waals surface area contributed by atoms with Crippen LogP contribution in [0.5, 0.6) is 5.75 Å². The second kappa shape index (κ2) is 7.20. The van der Waals surface area contributed by atoms with Gasteiger partial charge in [-0.05, 0) is 18.4 Å². The highest BCUT2D eigenvalue weighted by Gasteiger charge is 2.32. The molecule has 2 heterocycles. The van der Waals surface area contributed by atoms with Gasteiger partial charge in [0.2, 0.25) is 11.2 Å². The molecule has 2 amide bonds. The molecule has 0 radical (unpaired) electrons. The van der Waals surface area contributed by atoms with Crippen LogP contribution in [0.2, 0.25) is 0 Å². The van der Waals surface area contributed by atoms with Crippen molar-refractivity contribution in [1.29, 1.82) is 0 Å². The number of nitrogens with zero attached hydrogens (tertiary/aromatic N) is 1. The molecule has 3 rings (SSSR count). The molecule has 10 heteroatoms. The molecule has 1 aliphatic rings. The van der Waals surface area contributed by atoms with Gasteiger partial charge in [0.1, 0.15) is 18.0 Å². The molecule has 0 aliphatic carbocycles. The number of thiophene rings is 1. The van der Waals surface area contributed by atoms with Crippen molar-refractivity contribution in [2.24, 2.45) is 5.92 Å². The van der Waals surface area contributed by atoms with Crippen LogP contribution >= 0.6 is 11.3 Å². The van der Waals surface area contributed by atoms with E-state index >= 15 is 0 Å². The molecule has 1 aromatic carbocycles. The Morgan fingerprint density at radius 2 is 2.23 bits per heavy atom. The van der Waals surface area contributed by atoms with E-state index in [4.69, 9.17) is 0 Å². The first-order chi connectivity index (χ1) is 12.3. The first-order valence-electron chi connectivity index (χ1n) is 8.00. The van der Waals surface area contributed by atoms with E-state index in [0.717, 1.165) is 22.1 Å². The fraction of sp³-hybridized carbons (Fsp3) is 0.375. The van der Waals surface area contributed by atoms with Crippen LogP contribution in [0.3, 0.4) is 0 Å². The Labute approximate surface area is 155 Å². The maximum atomic E-state index is 14.9. The zero-order chi connectivity index (χ0) is 19.0. The van der Waals surface area contributed by atoms with Crippen molar-refractivity contribution in [2.75, 3.05) is 17.4 Å². The number of fused-ring (bicyclic) bond motifs is 1. The summed E-state index contributed by atoms with van der Waals surface area (Å²) in [6, 6.07) is 2.71. The Morgan fingerprint density at radius 3 is 2.85 bits per heavy atom. The van der Waals surface area contributed by atoms with E-state index in [9.17, 15) is 23.3 Å². The van der Waals surface area contributed by atoms with Gasteiger partial charge in [-0.2, -0.15) is 0 Å². The monoisotopic (exact) mass is 399 g/mol. The lowest BCUT2D eigenvalue weighted by Crippen LogP contribution is -2.24. The number of carbonyl (C=O) groups is 2. The minimum absolute atomic E-state index is 0.133. The van der Waals surface area contributed by atoms with Gasteiger partial charge in [-0.1, -0.05) is 13.8 Å². The van der Waals surface area contributed by atoms with Crippen molar-refractivity contribution in [2.45, 2.75) is 20.3 Å². The number of phenolic OH excluding ortho intramolecular Hbond substituents is 1. The van der Waals surface area contributed by atoms with Gasteiger partial charge in [-0.15, -0.1) is 11.3 Å². The summed E-state index contributed by atoms with van der Waals surface area (Å²) in [5.74, 6) is -1.64. The summed E-state index contributed by atoms with van der Waals surface area (Å²) in [6.45, 7) is 4.29. The fourth-order valence-corrected chi connectivity index (χ4v) is 4.51. The van der Waals surface area contributed by atoms with Gasteiger partial charge in [0, 0.05) is 22.7 Å². The average molecular weight is 399 g/mol. The number of aromatic hydroxyl groups is 1. The molecule has 1 unspecified atom stereocenters. The third-order valence-corrected chi connectivity index (χ3v) is 6.08. The van der Waals surface area contributed by atoms with Crippen LogP contribution in [0.15, 0.2) is 12.1 Å². The molecule has 1 atom stereocenters. The number of rotatable bonds is 5. The lowest BCUT2D eigenvalue weighted by Gasteiger charge is -2.16. The van der Waals surface area contributed by atoms with E-state index in [1.165, 1.54) is 12.1 Å². The average Bonchev–Trinajstić information content (AvgIpc) is 3.10. The van der Waals surface area contributed by atoms with Gasteiger partial charge >= 0.3 is 0 Å². The van der Waals surface area contributed by atoms with Crippen molar-refractivity contribution >= 4 is 50.1 Å². The number of benzene rings is 1. The molecular formula is C16H18FN3O4S2. The minimum atomic E-state index is -1.96.